The fourth-order valence-electron chi connectivity index (χ4n) is 2.37. The van der Waals surface area contributed by atoms with Crippen LogP contribution in [-0.4, -0.2) is 46.5 Å². The third-order valence-electron chi connectivity index (χ3n) is 3.30. The molecule has 0 aliphatic carbocycles. The van der Waals surface area contributed by atoms with Gasteiger partial charge < -0.3 is 21.3 Å². The molecule has 0 aromatic carbocycles. The van der Waals surface area contributed by atoms with Crippen molar-refractivity contribution in [3.63, 3.8) is 0 Å². The predicted molar refractivity (Wildman–Crippen MR) is 82.3 cm³/mol. The summed E-state index contributed by atoms with van der Waals surface area (Å²) < 4.78 is 0. The molecule has 0 atom stereocenters. The molecule has 2 heterocycles. The van der Waals surface area contributed by atoms with E-state index in [1.807, 2.05) is 13.8 Å². The summed E-state index contributed by atoms with van der Waals surface area (Å²) in [7, 11) is 1.77. The van der Waals surface area contributed by atoms with Crippen LogP contribution in [0.25, 0.3) is 0 Å². The highest BCUT2D eigenvalue weighted by molar-refractivity contribution is 5.75. The Morgan fingerprint density at radius 1 is 1.24 bits per heavy atom. The van der Waals surface area contributed by atoms with Crippen molar-refractivity contribution in [2.75, 3.05) is 35.7 Å². The number of amides is 1. The van der Waals surface area contributed by atoms with Crippen LogP contribution in [-0.2, 0) is 4.79 Å². The lowest BCUT2D eigenvalue weighted by atomic mass is 10.0. The Bertz CT molecular complexity index is 511. The Morgan fingerprint density at radius 2 is 1.86 bits per heavy atom. The van der Waals surface area contributed by atoms with Crippen molar-refractivity contribution in [3.8, 4) is 0 Å². The summed E-state index contributed by atoms with van der Waals surface area (Å²) in [5.41, 5.74) is 4.75. The van der Waals surface area contributed by atoms with E-state index in [9.17, 15) is 4.79 Å². The van der Waals surface area contributed by atoms with Crippen molar-refractivity contribution in [3.05, 3.63) is 0 Å². The SMILES string of the molecule is CNc1nc(NC(C)(C)CC(N)=O)nc(N2CCCC2)n1. The highest BCUT2D eigenvalue weighted by Gasteiger charge is 2.23. The van der Waals surface area contributed by atoms with Crippen molar-refractivity contribution >= 4 is 23.8 Å². The van der Waals surface area contributed by atoms with E-state index in [-0.39, 0.29) is 12.3 Å². The third-order valence-corrected chi connectivity index (χ3v) is 3.30. The highest BCUT2D eigenvalue weighted by atomic mass is 16.1. The molecular weight excluding hydrogens is 270 g/mol. The van der Waals surface area contributed by atoms with Gasteiger partial charge in [-0.05, 0) is 26.7 Å². The number of rotatable bonds is 6. The zero-order chi connectivity index (χ0) is 15.5. The van der Waals surface area contributed by atoms with Crippen LogP contribution in [0.3, 0.4) is 0 Å². The molecule has 1 fully saturated rings. The predicted octanol–water partition coefficient (Wildman–Crippen LogP) is 0.579. The lowest BCUT2D eigenvalue weighted by molar-refractivity contribution is -0.118. The molecule has 0 bridgehead atoms. The van der Waals surface area contributed by atoms with E-state index in [2.05, 4.69) is 30.5 Å². The van der Waals surface area contributed by atoms with E-state index in [1.165, 1.54) is 0 Å². The van der Waals surface area contributed by atoms with Crippen LogP contribution in [0.2, 0.25) is 0 Å². The first-order valence-corrected chi connectivity index (χ1v) is 7.15. The second kappa shape index (κ2) is 6.11. The van der Waals surface area contributed by atoms with E-state index in [1.54, 1.807) is 7.05 Å². The maximum Gasteiger partial charge on any atom is 0.231 e. The number of carbonyl (C=O) groups excluding carboxylic acids is 1. The molecular formula is C13H23N7O. The summed E-state index contributed by atoms with van der Waals surface area (Å²) >= 11 is 0. The summed E-state index contributed by atoms with van der Waals surface area (Å²) in [5.74, 6) is 1.24. The van der Waals surface area contributed by atoms with Gasteiger partial charge in [0.15, 0.2) is 0 Å². The molecule has 1 aliphatic heterocycles. The number of nitrogens with one attached hydrogen (secondary N) is 2. The minimum atomic E-state index is -0.513. The summed E-state index contributed by atoms with van der Waals surface area (Å²) in [6, 6.07) is 0. The summed E-state index contributed by atoms with van der Waals surface area (Å²) in [5, 5.41) is 6.10. The molecule has 4 N–H and O–H groups in total. The largest absolute Gasteiger partial charge is 0.370 e. The molecule has 8 heteroatoms. The normalized spacial score (nSPS) is 15.1. The van der Waals surface area contributed by atoms with Gasteiger partial charge in [-0.15, -0.1) is 0 Å². The molecule has 1 aromatic heterocycles. The average Bonchev–Trinajstić information content (AvgIpc) is 2.89. The number of anilines is 3. The summed E-state index contributed by atoms with van der Waals surface area (Å²) in [6.07, 6.45) is 2.50. The van der Waals surface area contributed by atoms with Gasteiger partial charge in [-0.2, -0.15) is 15.0 Å². The minimum absolute atomic E-state index is 0.201. The molecule has 1 aliphatic rings. The first-order chi connectivity index (χ1) is 9.89. The van der Waals surface area contributed by atoms with Gasteiger partial charge in [0.1, 0.15) is 0 Å². The zero-order valence-corrected chi connectivity index (χ0v) is 12.8. The Kier molecular flexibility index (Phi) is 4.44. The van der Waals surface area contributed by atoms with Gasteiger partial charge in [-0.25, -0.2) is 0 Å². The fourth-order valence-corrected chi connectivity index (χ4v) is 2.37. The standard InChI is InChI=1S/C13H23N7O/c1-13(2,8-9(14)21)19-11-16-10(15-3)17-12(18-11)20-6-4-5-7-20/h4-8H2,1-3H3,(H2,14,21)(H2,15,16,17,18,19). The van der Waals surface area contributed by atoms with Crippen LogP contribution >= 0.6 is 0 Å². The molecule has 1 saturated heterocycles. The topological polar surface area (TPSA) is 109 Å². The smallest absolute Gasteiger partial charge is 0.231 e. The van der Waals surface area contributed by atoms with Crippen LogP contribution in [0.5, 0.6) is 0 Å². The van der Waals surface area contributed by atoms with E-state index >= 15 is 0 Å². The van der Waals surface area contributed by atoms with Crippen molar-refractivity contribution in [2.45, 2.75) is 38.6 Å². The van der Waals surface area contributed by atoms with E-state index in [4.69, 9.17) is 5.73 Å². The third kappa shape index (κ3) is 4.17. The maximum atomic E-state index is 11.1. The molecule has 2 rings (SSSR count). The quantitative estimate of drug-likeness (QED) is 0.703. The van der Waals surface area contributed by atoms with Gasteiger partial charge in [0.25, 0.3) is 0 Å². The second-order valence-electron chi connectivity index (χ2n) is 5.88. The molecule has 1 aromatic rings. The Balaban J connectivity index is 2.21. The number of primary amides is 1. The Morgan fingerprint density at radius 3 is 2.43 bits per heavy atom. The van der Waals surface area contributed by atoms with Crippen molar-refractivity contribution in [1.82, 2.24) is 15.0 Å². The van der Waals surface area contributed by atoms with Gasteiger partial charge in [-0.1, -0.05) is 0 Å². The minimum Gasteiger partial charge on any atom is -0.370 e. The highest BCUT2D eigenvalue weighted by Crippen LogP contribution is 2.21. The molecule has 0 saturated carbocycles. The first kappa shape index (κ1) is 15.3. The van der Waals surface area contributed by atoms with Crippen LogP contribution in [0, 0.1) is 0 Å². The molecule has 0 unspecified atom stereocenters. The molecule has 21 heavy (non-hydrogen) atoms. The van der Waals surface area contributed by atoms with Crippen molar-refractivity contribution < 1.29 is 4.79 Å². The van der Waals surface area contributed by atoms with Crippen LogP contribution in [0.4, 0.5) is 17.8 Å². The van der Waals surface area contributed by atoms with Gasteiger partial charge in [0.05, 0.1) is 0 Å². The van der Waals surface area contributed by atoms with Crippen LogP contribution in [0.1, 0.15) is 33.1 Å². The monoisotopic (exact) mass is 293 g/mol. The molecule has 0 spiro atoms. The summed E-state index contributed by atoms with van der Waals surface area (Å²) in [6.45, 7) is 5.68. The maximum absolute atomic E-state index is 11.1. The summed E-state index contributed by atoms with van der Waals surface area (Å²) in [4.78, 5) is 26.4. The lowest BCUT2D eigenvalue weighted by Crippen LogP contribution is -2.37. The van der Waals surface area contributed by atoms with E-state index < -0.39 is 5.54 Å². The molecule has 8 nitrogen and oxygen atoms in total. The van der Waals surface area contributed by atoms with Crippen LogP contribution < -0.4 is 21.3 Å². The number of carbonyl (C=O) groups is 1. The van der Waals surface area contributed by atoms with Crippen LogP contribution in [0.15, 0.2) is 0 Å². The van der Waals surface area contributed by atoms with E-state index in [0.29, 0.717) is 17.8 Å². The number of nitrogens with zero attached hydrogens (tertiary/aromatic N) is 4. The Labute approximate surface area is 124 Å². The van der Waals surface area contributed by atoms with Crippen molar-refractivity contribution in [2.24, 2.45) is 5.73 Å². The molecule has 1 amide bonds. The van der Waals surface area contributed by atoms with Gasteiger partial charge in [0, 0.05) is 32.1 Å². The van der Waals surface area contributed by atoms with Crippen molar-refractivity contribution in [1.29, 1.82) is 0 Å². The zero-order valence-electron chi connectivity index (χ0n) is 12.8. The number of nitrogens with two attached hydrogens (primary N) is 1. The van der Waals surface area contributed by atoms with Gasteiger partial charge in [-0.3, -0.25) is 4.79 Å². The first-order valence-electron chi connectivity index (χ1n) is 7.15. The number of hydrogen-bond acceptors (Lipinski definition) is 7. The van der Waals surface area contributed by atoms with Gasteiger partial charge in [0.2, 0.25) is 23.8 Å². The second-order valence-corrected chi connectivity index (χ2v) is 5.88. The molecule has 116 valence electrons. The Hall–Kier alpha value is -2.12. The lowest BCUT2D eigenvalue weighted by Gasteiger charge is -2.25. The molecule has 0 radical (unpaired) electrons. The van der Waals surface area contributed by atoms with Gasteiger partial charge >= 0.3 is 0 Å². The fraction of sp³-hybridized carbons (Fsp3) is 0.692. The number of hydrogen-bond donors (Lipinski definition) is 3. The average molecular weight is 293 g/mol. The number of aromatic nitrogens is 3. The van der Waals surface area contributed by atoms with E-state index in [0.717, 1.165) is 25.9 Å².